The third-order valence-corrected chi connectivity index (χ3v) is 2.60. The summed E-state index contributed by atoms with van der Waals surface area (Å²) in [6, 6.07) is 5.30. The summed E-state index contributed by atoms with van der Waals surface area (Å²) in [6.07, 6.45) is 3.56. The van der Waals surface area contributed by atoms with Crippen LogP contribution < -0.4 is 10.2 Å². The molecule has 2 rings (SSSR count). The molecular formula is C12H15BN2O3. The van der Waals surface area contributed by atoms with Crippen molar-refractivity contribution in [3.8, 4) is 5.75 Å². The molecule has 1 aromatic heterocycles. The van der Waals surface area contributed by atoms with Crippen molar-refractivity contribution in [3.05, 3.63) is 41.7 Å². The molecule has 0 atom stereocenters. The van der Waals surface area contributed by atoms with Gasteiger partial charge in [-0.25, -0.2) is 0 Å². The molecule has 0 saturated heterocycles. The third kappa shape index (κ3) is 2.91. The van der Waals surface area contributed by atoms with Gasteiger partial charge in [0.15, 0.2) is 0 Å². The largest absolute Gasteiger partial charge is 0.492 e. The Bertz CT molecular complexity index is 540. The number of aromatic nitrogens is 2. The van der Waals surface area contributed by atoms with Crippen molar-refractivity contribution in [2.45, 2.75) is 13.5 Å². The van der Waals surface area contributed by atoms with Crippen LogP contribution in [0.5, 0.6) is 5.75 Å². The lowest BCUT2D eigenvalue weighted by atomic mass is 9.79. The molecule has 0 fully saturated rings. The molecule has 5 nitrogen and oxygen atoms in total. The van der Waals surface area contributed by atoms with Gasteiger partial charge >= 0.3 is 7.12 Å². The first-order chi connectivity index (χ1) is 8.56. The zero-order valence-corrected chi connectivity index (χ0v) is 10.4. The number of benzene rings is 1. The number of ether oxygens (including phenoxy) is 1. The quantitative estimate of drug-likeness (QED) is 0.744. The number of nitrogens with zero attached hydrogens (tertiary/aromatic N) is 2. The van der Waals surface area contributed by atoms with Gasteiger partial charge in [0, 0.05) is 24.3 Å². The van der Waals surface area contributed by atoms with Crippen LogP contribution in [0.3, 0.4) is 0 Å². The molecule has 0 radical (unpaired) electrons. The van der Waals surface area contributed by atoms with E-state index < -0.39 is 7.12 Å². The van der Waals surface area contributed by atoms with E-state index >= 15 is 0 Å². The van der Waals surface area contributed by atoms with Crippen LogP contribution in [-0.2, 0) is 13.7 Å². The molecule has 0 aliphatic rings. The second-order valence-corrected chi connectivity index (χ2v) is 4.23. The monoisotopic (exact) mass is 246 g/mol. The fraction of sp³-hybridized carbons (Fsp3) is 0.250. The minimum atomic E-state index is -1.53. The van der Waals surface area contributed by atoms with Gasteiger partial charge in [-0.3, -0.25) is 4.68 Å². The molecule has 0 amide bonds. The van der Waals surface area contributed by atoms with Crippen molar-refractivity contribution >= 4 is 12.6 Å². The van der Waals surface area contributed by atoms with Crippen LogP contribution in [-0.4, -0.2) is 26.9 Å². The van der Waals surface area contributed by atoms with E-state index in [9.17, 15) is 10.0 Å². The fourth-order valence-corrected chi connectivity index (χ4v) is 1.71. The fourth-order valence-electron chi connectivity index (χ4n) is 1.71. The van der Waals surface area contributed by atoms with Gasteiger partial charge in [0.2, 0.25) is 0 Å². The van der Waals surface area contributed by atoms with Crippen LogP contribution >= 0.6 is 0 Å². The second-order valence-electron chi connectivity index (χ2n) is 4.23. The van der Waals surface area contributed by atoms with E-state index in [0.717, 1.165) is 11.1 Å². The molecule has 0 aliphatic carbocycles. The molecule has 18 heavy (non-hydrogen) atoms. The first-order valence-corrected chi connectivity index (χ1v) is 5.63. The maximum atomic E-state index is 9.29. The number of hydrogen-bond donors (Lipinski definition) is 2. The minimum absolute atomic E-state index is 0.344. The van der Waals surface area contributed by atoms with Crippen LogP contribution in [0.4, 0.5) is 0 Å². The molecule has 0 saturated carbocycles. The minimum Gasteiger partial charge on any atom is -0.489 e. The highest BCUT2D eigenvalue weighted by molar-refractivity contribution is 6.59. The summed E-state index contributed by atoms with van der Waals surface area (Å²) in [6.45, 7) is 2.23. The smallest absolute Gasteiger partial charge is 0.489 e. The average molecular weight is 246 g/mol. The summed E-state index contributed by atoms with van der Waals surface area (Å²) >= 11 is 0. The van der Waals surface area contributed by atoms with Crippen molar-refractivity contribution in [1.82, 2.24) is 9.78 Å². The van der Waals surface area contributed by atoms with E-state index in [2.05, 4.69) is 5.10 Å². The normalized spacial score (nSPS) is 10.4. The Morgan fingerprint density at radius 2 is 2.17 bits per heavy atom. The van der Waals surface area contributed by atoms with Gasteiger partial charge < -0.3 is 14.8 Å². The van der Waals surface area contributed by atoms with Gasteiger partial charge in [0.05, 0.1) is 6.20 Å². The van der Waals surface area contributed by atoms with Crippen LogP contribution in [0.1, 0.15) is 11.1 Å². The van der Waals surface area contributed by atoms with Crippen molar-refractivity contribution in [3.63, 3.8) is 0 Å². The lowest BCUT2D eigenvalue weighted by Crippen LogP contribution is -2.31. The maximum Gasteiger partial charge on any atom is 0.492 e. The topological polar surface area (TPSA) is 67.5 Å². The van der Waals surface area contributed by atoms with Crippen molar-refractivity contribution in [2.75, 3.05) is 0 Å². The van der Waals surface area contributed by atoms with Gasteiger partial charge in [-0.2, -0.15) is 5.10 Å². The second kappa shape index (κ2) is 5.24. The Morgan fingerprint density at radius 3 is 2.78 bits per heavy atom. The molecular weight excluding hydrogens is 231 g/mol. The molecule has 0 unspecified atom stereocenters. The highest BCUT2D eigenvalue weighted by Gasteiger charge is 2.17. The van der Waals surface area contributed by atoms with Gasteiger partial charge in [-0.15, -0.1) is 0 Å². The van der Waals surface area contributed by atoms with Crippen molar-refractivity contribution in [2.24, 2.45) is 7.05 Å². The summed E-state index contributed by atoms with van der Waals surface area (Å²) in [5.74, 6) is 0.472. The lowest BCUT2D eigenvalue weighted by Gasteiger charge is -2.11. The molecule has 0 bridgehead atoms. The van der Waals surface area contributed by atoms with E-state index in [0.29, 0.717) is 17.8 Å². The summed E-state index contributed by atoms with van der Waals surface area (Å²) in [4.78, 5) is 0. The molecule has 6 heteroatoms. The van der Waals surface area contributed by atoms with Crippen LogP contribution in [0, 0.1) is 6.92 Å². The van der Waals surface area contributed by atoms with Gasteiger partial charge in [0.1, 0.15) is 12.4 Å². The molecule has 1 heterocycles. The van der Waals surface area contributed by atoms with Crippen molar-refractivity contribution < 1.29 is 14.8 Å². The molecule has 2 aromatic rings. The molecule has 0 spiro atoms. The number of aryl methyl sites for hydroxylation is 2. The van der Waals surface area contributed by atoms with E-state index in [-0.39, 0.29) is 0 Å². The van der Waals surface area contributed by atoms with Gasteiger partial charge in [-0.05, 0) is 13.0 Å². The van der Waals surface area contributed by atoms with E-state index in [1.54, 1.807) is 23.0 Å². The Hall–Kier alpha value is -1.79. The predicted molar refractivity (Wildman–Crippen MR) is 68.5 cm³/mol. The zero-order valence-electron chi connectivity index (χ0n) is 10.4. The highest BCUT2D eigenvalue weighted by Crippen LogP contribution is 2.12. The van der Waals surface area contributed by atoms with Crippen LogP contribution in [0.2, 0.25) is 0 Å². The van der Waals surface area contributed by atoms with E-state index in [1.165, 1.54) is 0 Å². The van der Waals surface area contributed by atoms with Gasteiger partial charge in [0.25, 0.3) is 0 Å². The van der Waals surface area contributed by atoms with Crippen LogP contribution in [0.15, 0.2) is 30.6 Å². The molecule has 94 valence electrons. The summed E-state index contributed by atoms with van der Waals surface area (Å²) in [7, 11) is 0.298. The first kappa shape index (κ1) is 12.7. The Kier molecular flexibility index (Phi) is 3.69. The third-order valence-electron chi connectivity index (χ3n) is 2.60. The Morgan fingerprint density at radius 1 is 1.39 bits per heavy atom. The van der Waals surface area contributed by atoms with E-state index in [4.69, 9.17) is 4.74 Å². The molecule has 2 N–H and O–H groups in total. The number of hydrogen-bond acceptors (Lipinski definition) is 4. The van der Waals surface area contributed by atoms with Crippen molar-refractivity contribution in [1.29, 1.82) is 0 Å². The van der Waals surface area contributed by atoms with Gasteiger partial charge in [-0.1, -0.05) is 17.7 Å². The SMILES string of the molecule is Cc1ccc(OCc2cnn(C)c2)c(B(O)O)c1. The lowest BCUT2D eigenvalue weighted by molar-refractivity contribution is 0.306. The summed E-state index contributed by atoms with van der Waals surface area (Å²) in [5.41, 5.74) is 2.25. The summed E-state index contributed by atoms with van der Waals surface area (Å²) < 4.78 is 7.27. The summed E-state index contributed by atoms with van der Waals surface area (Å²) in [5, 5.41) is 22.6. The first-order valence-electron chi connectivity index (χ1n) is 5.63. The molecule has 1 aromatic carbocycles. The predicted octanol–water partition coefficient (Wildman–Crippen LogP) is -0.0127. The standard InChI is InChI=1S/C12H15BN2O3/c1-9-3-4-12(11(5-9)13(16)17)18-8-10-6-14-15(2)7-10/h3-7,16-17H,8H2,1-2H3. The number of rotatable bonds is 4. The highest BCUT2D eigenvalue weighted by atomic mass is 16.5. The Labute approximate surface area is 106 Å². The van der Waals surface area contributed by atoms with Crippen LogP contribution in [0.25, 0.3) is 0 Å². The average Bonchev–Trinajstić information content (AvgIpc) is 2.73. The Balaban J connectivity index is 2.13. The molecule has 0 aliphatic heterocycles. The zero-order chi connectivity index (χ0) is 13.1. The van der Waals surface area contributed by atoms with E-state index in [1.807, 2.05) is 26.2 Å². The maximum absolute atomic E-state index is 9.29.